The Bertz CT molecular complexity index is 769. The highest BCUT2D eigenvalue weighted by atomic mass is 35.5. The molecule has 6 nitrogen and oxygen atoms in total. The topological polar surface area (TPSA) is 56.7 Å². The molecule has 0 amide bonds. The van der Waals surface area contributed by atoms with Crippen molar-refractivity contribution in [2.45, 2.75) is 19.3 Å². The van der Waals surface area contributed by atoms with Gasteiger partial charge in [-0.2, -0.15) is 0 Å². The van der Waals surface area contributed by atoms with E-state index in [1.54, 1.807) is 12.4 Å². The fourth-order valence-corrected chi connectivity index (χ4v) is 3.70. The summed E-state index contributed by atoms with van der Waals surface area (Å²) >= 11 is 6.40. The molecule has 1 aromatic heterocycles. The van der Waals surface area contributed by atoms with Crippen molar-refractivity contribution in [3.05, 3.63) is 53.3 Å². The minimum atomic E-state index is -0.103. The van der Waals surface area contributed by atoms with Crippen molar-refractivity contribution in [3.8, 4) is 0 Å². The Balaban J connectivity index is 1.58. The third-order valence-corrected chi connectivity index (χ3v) is 5.25. The fraction of sp³-hybridized carbons (Fsp3) is 0.450. The van der Waals surface area contributed by atoms with Crippen LogP contribution in [0.15, 0.2) is 47.7 Å². The third kappa shape index (κ3) is 4.69. The van der Waals surface area contributed by atoms with Crippen LogP contribution in [-0.4, -0.2) is 60.6 Å². The van der Waals surface area contributed by atoms with E-state index in [1.807, 2.05) is 31.3 Å². The van der Waals surface area contributed by atoms with Crippen LogP contribution < -0.4 is 10.2 Å². The number of benzene rings is 1. The molecule has 1 aliphatic heterocycles. The molecule has 1 fully saturated rings. The SMILES string of the molecule is CN=C(NCC(C)(C)c1ccccc1Cl)N1CCN(c2ncccn2)CC1. The first-order valence-electron chi connectivity index (χ1n) is 9.24. The van der Waals surface area contributed by atoms with Gasteiger partial charge in [0.1, 0.15) is 0 Å². The zero-order valence-electron chi connectivity index (χ0n) is 16.2. The molecule has 1 aliphatic rings. The largest absolute Gasteiger partial charge is 0.355 e. The molecule has 1 aromatic carbocycles. The van der Waals surface area contributed by atoms with E-state index in [9.17, 15) is 0 Å². The monoisotopic (exact) mass is 386 g/mol. The summed E-state index contributed by atoms with van der Waals surface area (Å²) in [6.07, 6.45) is 3.57. The van der Waals surface area contributed by atoms with Gasteiger partial charge in [-0.3, -0.25) is 4.99 Å². The van der Waals surface area contributed by atoms with E-state index in [-0.39, 0.29) is 5.41 Å². The molecule has 0 spiro atoms. The van der Waals surface area contributed by atoms with Crippen LogP contribution in [-0.2, 0) is 5.41 Å². The summed E-state index contributed by atoms with van der Waals surface area (Å²) in [5.74, 6) is 1.71. The molecule has 144 valence electrons. The van der Waals surface area contributed by atoms with Gasteiger partial charge in [0.2, 0.25) is 5.95 Å². The Kier molecular flexibility index (Phi) is 6.16. The predicted octanol–water partition coefficient (Wildman–Crippen LogP) is 2.81. The molecule has 0 unspecified atom stereocenters. The number of nitrogens with zero attached hydrogens (tertiary/aromatic N) is 5. The molecule has 27 heavy (non-hydrogen) atoms. The van der Waals surface area contributed by atoms with Crippen LogP contribution in [0.1, 0.15) is 19.4 Å². The second-order valence-electron chi connectivity index (χ2n) is 7.29. The van der Waals surface area contributed by atoms with E-state index in [0.717, 1.165) is 55.2 Å². The molecule has 0 saturated carbocycles. The first kappa shape index (κ1) is 19.4. The molecule has 1 saturated heterocycles. The highest BCUT2D eigenvalue weighted by Crippen LogP contribution is 2.29. The molecule has 2 aromatic rings. The maximum Gasteiger partial charge on any atom is 0.225 e. The summed E-state index contributed by atoms with van der Waals surface area (Å²) < 4.78 is 0. The number of nitrogens with one attached hydrogen (secondary N) is 1. The Morgan fingerprint density at radius 3 is 2.41 bits per heavy atom. The van der Waals surface area contributed by atoms with Gasteiger partial charge in [0.15, 0.2) is 5.96 Å². The van der Waals surface area contributed by atoms with Crippen LogP contribution in [0.3, 0.4) is 0 Å². The van der Waals surface area contributed by atoms with Crippen molar-refractivity contribution in [1.29, 1.82) is 0 Å². The number of anilines is 1. The number of aliphatic imine (C=N–C) groups is 1. The number of hydrogen-bond donors (Lipinski definition) is 1. The maximum absolute atomic E-state index is 6.40. The summed E-state index contributed by atoms with van der Waals surface area (Å²) in [7, 11) is 1.83. The van der Waals surface area contributed by atoms with Crippen molar-refractivity contribution in [2.24, 2.45) is 4.99 Å². The molecule has 0 atom stereocenters. The smallest absolute Gasteiger partial charge is 0.225 e. The van der Waals surface area contributed by atoms with Crippen LogP contribution in [0.5, 0.6) is 0 Å². The fourth-order valence-electron chi connectivity index (χ4n) is 3.31. The number of hydrogen-bond acceptors (Lipinski definition) is 4. The highest BCUT2D eigenvalue weighted by Gasteiger charge is 2.26. The predicted molar refractivity (Wildman–Crippen MR) is 112 cm³/mol. The zero-order valence-corrected chi connectivity index (χ0v) is 16.9. The minimum Gasteiger partial charge on any atom is -0.355 e. The quantitative estimate of drug-likeness (QED) is 0.646. The average Bonchev–Trinajstić information content (AvgIpc) is 2.70. The van der Waals surface area contributed by atoms with Gasteiger partial charge in [0, 0.05) is 62.6 Å². The van der Waals surface area contributed by atoms with Gasteiger partial charge in [0.25, 0.3) is 0 Å². The van der Waals surface area contributed by atoms with Gasteiger partial charge in [0.05, 0.1) is 0 Å². The number of halogens is 1. The van der Waals surface area contributed by atoms with Crippen molar-refractivity contribution in [3.63, 3.8) is 0 Å². The van der Waals surface area contributed by atoms with Crippen molar-refractivity contribution >= 4 is 23.5 Å². The lowest BCUT2D eigenvalue weighted by molar-refractivity contribution is 0.364. The first-order valence-corrected chi connectivity index (χ1v) is 9.61. The Morgan fingerprint density at radius 1 is 1.11 bits per heavy atom. The van der Waals surface area contributed by atoms with Crippen LogP contribution >= 0.6 is 11.6 Å². The van der Waals surface area contributed by atoms with Crippen LogP contribution in [0.25, 0.3) is 0 Å². The Labute approximate surface area is 166 Å². The van der Waals surface area contributed by atoms with Crippen LogP contribution in [0.2, 0.25) is 5.02 Å². The van der Waals surface area contributed by atoms with Gasteiger partial charge in [-0.1, -0.05) is 43.6 Å². The van der Waals surface area contributed by atoms with E-state index in [4.69, 9.17) is 11.6 Å². The van der Waals surface area contributed by atoms with Gasteiger partial charge < -0.3 is 15.1 Å². The molecule has 0 aliphatic carbocycles. The summed E-state index contributed by atoms with van der Waals surface area (Å²) in [5, 5.41) is 4.33. The number of guanidine groups is 1. The Hall–Kier alpha value is -2.34. The van der Waals surface area contributed by atoms with Gasteiger partial charge in [-0.25, -0.2) is 9.97 Å². The van der Waals surface area contributed by atoms with Gasteiger partial charge in [-0.15, -0.1) is 0 Å². The highest BCUT2D eigenvalue weighted by molar-refractivity contribution is 6.31. The lowest BCUT2D eigenvalue weighted by Crippen LogP contribution is -2.54. The molecular formula is C20H27ClN6. The molecule has 0 radical (unpaired) electrons. The maximum atomic E-state index is 6.40. The van der Waals surface area contributed by atoms with Crippen molar-refractivity contribution in [2.75, 3.05) is 44.7 Å². The lowest BCUT2D eigenvalue weighted by atomic mass is 9.84. The molecule has 0 bridgehead atoms. The van der Waals surface area contributed by atoms with Gasteiger partial charge in [-0.05, 0) is 17.7 Å². The molecule has 7 heteroatoms. The molecule has 1 N–H and O–H groups in total. The van der Waals surface area contributed by atoms with Gasteiger partial charge >= 0.3 is 0 Å². The first-order chi connectivity index (χ1) is 13.0. The summed E-state index contributed by atoms with van der Waals surface area (Å²) in [5.41, 5.74) is 1.04. The Morgan fingerprint density at radius 2 is 1.78 bits per heavy atom. The average molecular weight is 387 g/mol. The second-order valence-corrected chi connectivity index (χ2v) is 7.69. The molecule has 3 rings (SSSR count). The summed E-state index contributed by atoms with van der Waals surface area (Å²) in [6, 6.07) is 9.86. The normalized spacial score (nSPS) is 15.8. The lowest BCUT2D eigenvalue weighted by Gasteiger charge is -2.37. The molecular weight excluding hydrogens is 360 g/mol. The van der Waals surface area contributed by atoms with Crippen LogP contribution in [0, 0.1) is 0 Å². The van der Waals surface area contributed by atoms with E-state index in [0.29, 0.717) is 0 Å². The zero-order chi connectivity index (χ0) is 19.3. The number of piperazine rings is 1. The number of aromatic nitrogens is 2. The minimum absolute atomic E-state index is 0.103. The summed E-state index contributed by atoms with van der Waals surface area (Å²) in [4.78, 5) is 17.6. The van der Waals surface area contributed by atoms with Crippen molar-refractivity contribution < 1.29 is 0 Å². The second kappa shape index (κ2) is 8.57. The molecule has 2 heterocycles. The van der Waals surface area contributed by atoms with E-state index < -0.39 is 0 Å². The summed E-state index contributed by atoms with van der Waals surface area (Å²) in [6.45, 7) is 8.65. The van der Waals surface area contributed by atoms with Crippen LogP contribution in [0.4, 0.5) is 5.95 Å². The van der Waals surface area contributed by atoms with Crippen molar-refractivity contribution in [1.82, 2.24) is 20.2 Å². The standard InChI is InChI=1S/C20H27ClN6/c1-20(2,16-7-4-5-8-17(16)21)15-25-18(22-3)26-11-13-27(14-12-26)19-23-9-6-10-24-19/h4-10H,11-15H2,1-3H3,(H,22,25). The third-order valence-electron chi connectivity index (χ3n) is 4.92. The number of rotatable bonds is 4. The van der Waals surface area contributed by atoms with E-state index in [1.165, 1.54) is 0 Å². The van der Waals surface area contributed by atoms with E-state index in [2.05, 4.69) is 50.0 Å². The van der Waals surface area contributed by atoms with E-state index >= 15 is 0 Å².